The lowest BCUT2D eigenvalue weighted by Crippen LogP contribution is -2.14. The Kier molecular flexibility index (Phi) is 10.2. The van der Waals surface area contributed by atoms with Gasteiger partial charge >= 0.3 is 0 Å². The van der Waals surface area contributed by atoms with E-state index in [1.54, 1.807) is 0 Å². The first-order chi connectivity index (χ1) is 37.9. The van der Waals surface area contributed by atoms with E-state index < -0.39 is 0 Å². The lowest BCUT2D eigenvalue weighted by molar-refractivity contribution is 0.661. The molecule has 3 aromatic heterocycles. The Morgan fingerprint density at radius 2 is 0.714 bits per heavy atom. The Balaban J connectivity index is 0.922. The fraction of sp³-hybridized carbons (Fsp3) is 0.0417. The van der Waals surface area contributed by atoms with Gasteiger partial charge in [-0.1, -0.05) is 202 Å². The van der Waals surface area contributed by atoms with Crippen molar-refractivity contribution in [3.63, 3.8) is 0 Å². The second kappa shape index (κ2) is 17.6. The Labute approximate surface area is 446 Å². The third-order valence-corrected chi connectivity index (χ3v) is 15.9. The van der Waals surface area contributed by atoms with Crippen molar-refractivity contribution in [1.29, 1.82) is 0 Å². The summed E-state index contributed by atoms with van der Waals surface area (Å²) in [5, 5.41) is 4.88. The van der Waals surface area contributed by atoms with Crippen LogP contribution in [0, 0.1) is 0 Å². The van der Waals surface area contributed by atoms with Crippen LogP contribution in [0.4, 0.5) is 0 Å². The van der Waals surface area contributed by atoms with E-state index in [1.165, 1.54) is 60.4 Å². The molecule has 5 heteroatoms. The molecule has 0 amide bonds. The van der Waals surface area contributed by atoms with Crippen LogP contribution in [0.5, 0.6) is 0 Å². The maximum absolute atomic E-state index is 5.32. The fourth-order valence-corrected chi connectivity index (χ4v) is 12.2. The standard InChI is InChI=1S/C72H49N5/c1-72(2)63-33-14-12-31-57(63)60-44-62-61-42-50(51-35-37-59-58-32-13-15-34-65(58)76(67(59)43-51)55-28-10-5-11-29-55)36-38-66(61)77(68(62)45-64(60)72)56-30-18-27-54(41-56)71-74-69(52-25-16-23-48(39-52)46-19-6-3-7-20-46)73-70(75-71)53-26-17-24-49(40-53)47-21-8-4-9-22-47/h3-45H,1-2H3. The number of para-hydroxylation sites is 2. The van der Waals surface area contributed by atoms with Crippen LogP contribution in [-0.4, -0.2) is 24.1 Å². The Hall–Kier alpha value is -9.97. The monoisotopic (exact) mass is 983 g/mol. The van der Waals surface area contributed by atoms with Gasteiger partial charge in [0, 0.05) is 55.0 Å². The molecule has 3 heterocycles. The van der Waals surface area contributed by atoms with E-state index in [4.69, 9.17) is 15.0 Å². The van der Waals surface area contributed by atoms with Crippen LogP contribution in [0.3, 0.4) is 0 Å². The highest BCUT2D eigenvalue weighted by Crippen LogP contribution is 2.51. The van der Waals surface area contributed by atoms with Gasteiger partial charge in [0.05, 0.1) is 22.1 Å². The van der Waals surface area contributed by atoms with E-state index in [1.807, 2.05) is 12.1 Å². The summed E-state index contributed by atoms with van der Waals surface area (Å²) in [7, 11) is 0. The van der Waals surface area contributed by atoms with Gasteiger partial charge in [-0.05, 0) is 128 Å². The summed E-state index contributed by atoms with van der Waals surface area (Å²) >= 11 is 0. The normalized spacial score (nSPS) is 12.6. The lowest BCUT2D eigenvalue weighted by Gasteiger charge is -2.21. The first-order valence-electron chi connectivity index (χ1n) is 26.4. The molecule has 0 spiro atoms. The summed E-state index contributed by atoms with van der Waals surface area (Å²) in [5.74, 6) is 1.83. The highest BCUT2D eigenvalue weighted by molar-refractivity contribution is 6.14. The number of benzene rings is 11. The zero-order chi connectivity index (χ0) is 51.2. The first kappa shape index (κ1) is 44.5. The molecule has 0 saturated carbocycles. The molecule has 362 valence electrons. The topological polar surface area (TPSA) is 48.5 Å². The molecular formula is C72H49N5. The zero-order valence-electron chi connectivity index (χ0n) is 42.6. The average molecular weight is 984 g/mol. The first-order valence-corrected chi connectivity index (χ1v) is 26.4. The summed E-state index contributed by atoms with van der Waals surface area (Å²) in [4.78, 5) is 15.9. The largest absolute Gasteiger partial charge is 0.309 e. The van der Waals surface area contributed by atoms with E-state index in [-0.39, 0.29) is 5.41 Å². The van der Waals surface area contributed by atoms with Crippen molar-refractivity contribution in [2.24, 2.45) is 0 Å². The average Bonchev–Trinajstić information content (AvgIpc) is 4.18. The molecule has 15 rings (SSSR count). The number of rotatable bonds is 8. The lowest BCUT2D eigenvalue weighted by atomic mass is 9.82. The summed E-state index contributed by atoms with van der Waals surface area (Å²) in [6.07, 6.45) is 0. The SMILES string of the molecule is CC1(C)c2ccccc2-c2cc3c4cc(-c5ccc6c7ccccc7n(-c7ccccc7)c6c5)ccc4n(-c4cccc(-c5nc(-c6cccc(-c7ccccc7)c6)nc(-c6cccc(-c7ccccc7)c6)n5)c4)c3cc21. The molecule has 5 nitrogen and oxygen atoms in total. The quantitative estimate of drug-likeness (QED) is 0.152. The third-order valence-electron chi connectivity index (χ3n) is 15.9. The van der Waals surface area contributed by atoms with E-state index in [0.29, 0.717) is 17.5 Å². The molecule has 0 N–H and O–H groups in total. The van der Waals surface area contributed by atoms with Crippen molar-refractivity contribution >= 4 is 43.6 Å². The van der Waals surface area contributed by atoms with Gasteiger partial charge in [-0.3, -0.25) is 0 Å². The second-order valence-electron chi connectivity index (χ2n) is 20.8. The number of hydrogen-bond donors (Lipinski definition) is 0. The van der Waals surface area contributed by atoms with E-state index >= 15 is 0 Å². The minimum atomic E-state index is -0.186. The highest BCUT2D eigenvalue weighted by Gasteiger charge is 2.36. The van der Waals surface area contributed by atoms with Crippen molar-refractivity contribution < 1.29 is 0 Å². The molecule has 0 radical (unpaired) electrons. The summed E-state index contributed by atoms with van der Waals surface area (Å²) in [5.41, 5.74) is 21.5. The van der Waals surface area contributed by atoms with Gasteiger partial charge < -0.3 is 9.13 Å². The summed E-state index contributed by atoms with van der Waals surface area (Å²) in [6, 6.07) is 93.9. The van der Waals surface area contributed by atoms with Crippen molar-refractivity contribution in [2.45, 2.75) is 19.3 Å². The van der Waals surface area contributed by atoms with Crippen LogP contribution in [0.1, 0.15) is 25.0 Å². The number of nitrogens with zero attached hydrogens (tertiary/aromatic N) is 5. The molecule has 0 fully saturated rings. The molecule has 0 saturated heterocycles. The Bertz CT molecular complexity index is 4540. The van der Waals surface area contributed by atoms with E-state index in [9.17, 15) is 0 Å². The van der Waals surface area contributed by atoms with Gasteiger partial charge in [0.1, 0.15) is 0 Å². The molecule has 1 aliphatic carbocycles. The molecule has 11 aromatic carbocycles. The number of aromatic nitrogens is 5. The van der Waals surface area contributed by atoms with Crippen LogP contribution >= 0.6 is 0 Å². The number of fused-ring (bicyclic) bond motifs is 9. The minimum Gasteiger partial charge on any atom is -0.309 e. The smallest absolute Gasteiger partial charge is 0.164 e. The summed E-state index contributed by atoms with van der Waals surface area (Å²) < 4.78 is 4.85. The van der Waals surface area contributed by atoms with Crippen LogP contribution in [-0.2, 0) is 5.41 Å². The van der Waals surface area contributed by atoms with E-state index in [0.717, 1.165) is 66.9 Å². The Morgan fingerprint density at radius 3 is 1.40 bits per heavy atom. The molecule has 0 unspecified atom stereocenters. The molecule has 0 aliphatic heterocycles. The number of hydrogen-bond acceptors (Lipinski definition) is 3. The molecule has 1 aliphatic rings. The van der Waals surface area contributed by atoms with Gasteiger partial charge in [-0.15, -0.1) is 0 Å². The minimum absolute atomic E-state index is 0.186. The van der Waals surface area contributed by atoms with Gasteiger partial charge in [0.15, 0.2) is 17.5 Å². The van der Waals surface area contributed by atoms with Gasteiger partial charge in [0.25, 0.3) is 0 Å². The van der Waals surface area contributed by atoms with Crippen molar-refractivity contribution in [2.75, 3.05) is 0 Å². The Morgan fingerprint density at radius 1 is 0.260 bits per heavy atom. The second-order valence-corrected chi connectivity index (χ2v) is 20.8. The molecule has 0 atom stereocenters. The predicted octanol–water partition coefficient (Wildman–Crippen LogP) is 18.4. The van der Waals surface area contributed by atoms with Crippen LogP contribution in [0.15, 0.2) is 261 Å². The van der Waals surface area contributed by atoms with Gasteiger partial charge in [-0.2, -0.15) is 0 Å². The van der Waals surface area contributed by atoms with Crippen molar-refractivity contribution in [3.05, 3.63) is 272 Å². The summed E-state index contributed by atoms with van der Waals surface area (Å²) in [6.45, 7) is 4.72. The van der Waals surface area contributed by atoms with Gasteiger partial charge in [0.2, 0.25) is 0 Å². The molecular weight excluding hydrogens is 935 g/mol. The van der Waals surface area contributed by atoms with Crippen molar-refractivity contribution in [3.8, 4) is 90.0 Å². The molecule has 0 bridgehead atoms. The van der Waals surface area contributed by atoms with Crippen LogP contribution < -0.4 is 0 Å². The third kappa shape index (κ3) is 7.34. The maximum Gasteiger partial charge on any atom is 0.164 e. The van der Waals surface area contributed by atoms with Crippen molar-refractivity contribution in [1.82, 2.24) is 24.1 Å². The van der Waals surface area contributed by atoms with Gasteiger partial charge in [-0.25, -0.2) is 15.0 Å². The van der Waals surface area contributed by atoms with Crippen LogP contribution in [0.2, 0.25) is 0 Å². The molecule has 77 heavy (non-hydrogen) atoms. The zero-order valence-corrected chi connectivity index (χ0v) is 42.6. The van der Waals surface area contributed by atoms with Crippen LogP contribution in [0.25, 0.3) is 134 Å². The molecule has 14 aromatic rings. The fourth-order valence-electron chi connectivity index (χ4n) is 12.2. The highest BCUT2D eigenvalue weighted by atomic mass is 15.0. The predicted molar refractivity (Wildman–Crippen MR) is 319 cm³/mol. The maximum atomic E-state index is 5.32. The van der Waals surface area contributed by atoms with E-state index in [2.05, 4.69) is 272 Å².